The van der Waals surface area contributed by atoms with Crippen LogP contribution in [-0.2, 0) is 0 Å². The second-order valence-corrected chi connectivity index (χ2v) is 9.60. The van der Waals surface area contributed by atoms with E-state index in [-0.39, 0.29) is 11.9 Å². The lowest BCUT2D eigenvalue weighted by molar-refractivity contribution is 0.102. The molecule has 2 fully saturated rings. The van der Waals surface area contributed by atoms with Crippen LogP contribution in [0, 0.1) is 0 Å². The summed E-state index contributed by atoms with van der Waals surface area (Å²) in [7, 11) is 0. The highest BCUT2D eigenvalue weighted by Crippen LogP contribution is 2.25. The standard InChI is InChI=1S/C25H35N9O/c26-18-4-6-19(7-5-18)30-23-16-21(28-12-15-33-13-2-1-3-14-33)24-29-17-22(34(24)32-23)25(35)31-20-8-10-27-11-9-20/h8-11,16-19,28H,1-7,12-15,26H2,(H,30,32)(H,27,31,35). The van der Waals surface area contributed by atoms with E-state index in [0.717, 1.165) is 63.4 Å². The number of aromatic nitrogens is 4. The lowest BCUT2D eigenvalue weighted by Crippen LogP contribution is -2.34. The van der Waals surface area contributed by atoms with Crippen molar-refractivity contribution in [3.63, 3.8) is 0 Å². The summed E-state index contributed by atoms with van der Waals surface area (Å²) in [4.78, 5) is 24.1. The minimum Gasteiger partial charge on any atom is -0.381 e. The van der Waals surface area contributed by atoms with Gasteiger partial charge in [-0.1, -0.05) is 6.42 Å². The molecule has 0 aromatic carbocycles. The molecule has 1 aliphatic heterocycles. The average molecular weight is 478 g/mol. The Kier molecular flexibility index (Phi) is 7.39. The first kappa shape index (κ1) is 23.5. The largest absolute Gasteiger partial charge is 0.381 e. The first-order chi connectivity index (χ1) is 17.2. The summed E-state index contributed by atoms with van der Waals surface area (Å²) in [6.45, 7) is 4.11. The molecule has 0 spiro atoms. The van der Waals surface area contributed by atoms with Gasteiger partial charge in [0, 0.05) is 49.3 Å². The van der Waals surface area contributed by atoms with Gasteiger partial charge in [-0.2, -0.15) is 0 Å². The van der Waals surface area contributed by atoms with Gasteiger partial charge >= 0.3 is 0 Å². The Morgan fingerprint density at radius 2 is 1.86 bits per heavy atom. The van der Waals surface area contributed by atoms with Gasteiger partial charge < -0.3 is 26.6 Å². The van der Waals surface area contributed by atoms with Crippen LogP contribution in [0.1, 0.15) is 55.4 Å². The summed E-state index contributed by atoms with van der Waals surface area (Å²) in [5.74, 6) is 0.464. The monoisotopic (exact) mass is 477 g/mol. The summed E-state index contributed by atoms with van der Waals surface area (Å²) in [5, 5.41) is 14.8. The third kappa shape index (κ3) is 5.88. The molecule has 5 rings (SSSR count). The van der Waals surface area contributed by atoms with E-state index in [0.29, 0.717) is 23.1 Å². The van der Waals surface area contributed by atoms with E-state index in [9.17, 15) is 4.79 Å². The molecule has 5 N–H and O–H groups in total. The number of hydrogen-bond donors (Lipinski definition) is 4. The van der Waals surface area contributed by atoms with Gasteiger partial charge in [-0.3, -0.25) is 9.78 Å². The van der Waals surface area contributed by atoms with Crippen LogP contribution < -0.4 is 21.7 Å². The van der Waals surface area contributed by atoms with E-state index in [1.54, 1.807) is 35.2 Å². The van der Waals surface area contributed by atoms with Crippen molar-refractivity contribution in [1.29, 1.82) is 0 Å². The van der Waals surface area contributed by atoms with Gasteiger partial charge in [-0.25, -0.2) is 9.50 Å². The molecule has 1 saturated carbocycles. The molecule has 10 nitrogen and oxygen atoms in total. The molecule has 35 heavy (non-hydrogen) atoms. The summed E-state index contributed by atoms with van der Waals surface area (Å²) in [5.41, 5.74) is 8.65. The highest BCUT2D eigenvalue weighted by Gasteiger charge is 2.21. The van der Waals surface area contributed by atoms with Crippen molar-refractivity contribution in [3.8, 4) is 0 Å². The minimum absolute atomic E-state index is 0.267. The average Bonchev–Trinajstić information content (AvgIpc) is 3.31. The van der Waals surface area contributed by atoms with Gasteiger partial charge in [0.1, 0.15) is 5.82 Å². The fourth-order valence-corrected chi connectivity index (χ4v) is 4.96. The second-order valence-electron chi connectivity index (χ2n) is 9.60. The van der Waals surface area contributed by atoms with Gasteiger partial charge in [0.05, 0.1) is 11.9 Å². The number of nitrogens with two attached hydrogens (primary N) is 1. The quantitative estimate of drug-likeness (QED) is 0.390. The van der Waals surface area contributed by atoms with E-state index < -0.39 is 0 Å². The third-order valence-corrected chi connectivity index (χ3v) is 6.95. The number of nitrogens with zero attached hydrogens (tertiary/aromatic N) is 5. The molecule has 1 amide bonds. The normalized spacial score (nSPS) is 21.1. The zero-order valence-corrected chi connectivity index (χ0v) is 20.1. The molecular formula is C25H35N9O. The number of fused-ring (bicyclic) bond motifs is 1. The van der Waals surface area contributed by atoms with E-state index in [1.165, 1.54) is 19.3 Å². The third-order valence-electron chi connectivity index (χ3n) is 6.95. The summed E-state index contributed by atoms with van der Waals surface area (Å²) >= 11 is 0. The lowest BCUT2D eigenvalue weighted by atomic mass is 9.92. The number of amides is 1. The Labute approximate surface area is 205 Å². The molecule has 0 unspecified atom stereocenters. The molecule has 3 aromatic heterocycles. The predicted molar refractivity (Wildman–Crippen MR) is 138 cm³/mol. The fourth-order valence-electron chi connectivity index (χ4n) is 4.96. The van der Waals surface area contributed by atoms with Gasteiger partial charge in [-0.05, 0) is 63.7 Å². The van der Waals surface area contributed by atoms with Crippen LogP contribution in [0.4, 0.5) is 17.2 Å². The van der Waals surface area contributed by atoms with Crippen LogP contribution in [0.5, 0.6) is 0 Å². The number of carbonyl (C=O) groups is 1. The molecule has 4 heterocycles. The Balaban J connectivity index is 1.38. The molecule has 1 aliphatic carbocycles. The Morgan fingerprint density at radius 1 is 1.09 bits per heavy atom. The molecule has 1 saturated heterocycles. The van der Waals surface area contributed by atoms with Gasteiger partial charge in [-0.15, -0.1) is 5.10 Å². The van der Waals surface area contributed by atoms with Gasteiger partial charge in [0.2, 0.25) is 0 Å². The van der Waals surface area contributed by atoms with Crippen LogP contribution in [0.3, 0.4) is 0 Å². The van der Waals surface area contributed by atoms with E-state index in [1.807, 2.05) is 6.07 Å². The predicted octanol–water partition coefficient (Wildman–Crippen LogP) is 2.96. The summed E-state index contributed by atoms with van der Waals surface area (Å²) in [6, 6.07) is 6.12. The number of hydrogen-bond acceptors (Lipinski definition) is 8. The lowest BCUT2D eigenvalue weighted by Gasteiger charge is -2.27. The SMILES string of the molecule is NC1CCC(Nc2cc(NCCN3CCCCC3)c3ncc(C(=O)Nc4ccncc4)n3n2)CC1. The molecule has 0 radical (unpaired) electrons. The molecule has 0 bridgehead atoms. The van der Waals surface area contributed by atoms with Crippen molar-refractivity contribution in [1.82, 2.24) is 24.5 Å². The number of pyridine rings is 1. The molecule has 10 heteroatoms. The van der Waals surface area contributed by atoms with Gasteiger partial charge in [0.15, 0.2) is 11.3 Å². The van der Waals surface area contributed by atoms with Crippen LogP contribution in [0.25, 0.3) is 5.65 Å². The topological polar surface area (TPSA) is 126 Å². The number of carbonyl (C=O) groups excluding carboxylic acids is 1. The van der Waals surface area contributed by atoms with Crippen molar-refractivity contribution >= 4 is 28.7 Å². The number of rotatable bonds is 8. The maximum Gasteiger partial charge on any atom is 0.276 e. The van der Waals surface area contributed by atoms with Crippen molar-refractivity contribution in [2.75, 3.05) is 42.1 Å². The first-order valence-corrected chi connectivity index (χ1v) is 12.7. The Morgan fingerprint density at radius 3 is 2.63 bits per heavy atom. The maximum atomic E-state index is 13.1. The smallest absolute Gasteiger partial charge is 0.276 e. The van der Waals surface area contributed by atoms with Crippen LogP contribution in [0.2, 0.25) is 0 Å². The first-order valence-electron chi connectivity index (χ1n) is 12.7. The summed E-state index contributed by atoms with van der Waals surface area (Å²) in [6.07, 6.45) is 12.8. The van der Waals surface area contributed by atoms with Crippen LogP contribution in [-0.4, -0.2) is 68.7 Å². The van der Waals surface area contributed by atoms with Crippen LogP contribution >= 0.6 is 0 Å². The summed E-state index contributed by atoms with van der Waals surface area (Å²) < 4.78 is 1.64. The van der Waals surface area contributed by atoms with Crippen molar-refractivity contribution in [3.05, 3.63) is 42.5 Å². The molecular weight excluding hydrogens is 442 g/mol. The second kappa shape index (κ2) is 11.0. The maximum absolute atomic E-state index is 13.1. The number of piperidine rings is 1. The van der Waals surface area contributed by atoms with E-state index >= 15 is 0 Å². The highest BCUT2D eigenvalue weighted by molar-refractivity contribution is 6.03. The molecule has 3 aromatic rings. The van der Waals surface area contributed by atoms with Crippen LogP contribution in [0.15, 0.2) is 36.8 Å². The Hall–Kier alpha value is -3.24. The van der Waals surface area contributed by atoms with Crippen molar-refractivity contribution in [2.45, 2.75) is 57.0 Å². The number of anilines is 3. The zero-order chi connectivity index (χ0) is 24.0. The highest BCUT2D eigenvalue weighted by atomic mass is 16.2. The minimum atomic E-state index is -0.267. The van der Waals surface area contributed by atoms with Crippen molar-refractivity contribution < 1.29 is 4.79 Å². The Bertz CT molecular complexity index is 1120. The van der Waals surface area contributed by atoms with Gasteiger partial charge in [0.25, 0.3) is 5.91 Å². The fraction of sp³-hybridized carbons (Fsp3) is 0.520. The van der Waals surface area contributed by atoms with E-state index in [2.05, 4.69) is 30.8 Å². The zero-order valence-electron chi connectivity index (χ0n) is 20.1. The molecule has 2 aliphatic rings. The number of likely N-dealkylation sites (tertiary alicyclic amines) is 1. The van der Waals surface area contributed by atoms with Crippen molar-refractivity contribution in [2.24, 2.45) is 5.73 Å². The molecule has 0 atom stereocenters. The number of imidazole rings is 1. The van der Waals surface area contributed by atoms with E-state index in [4.69, 9.17) is 10.8 Å². The number of nitrogens with one attached hydrogen (secondary N) is 3. The molecule has 186 valence electrons.